The molecule has 0 nitrogen and oxygen atoms in total. The van der Waals surface area contributed by atoms with Crippen molar-refractivity contribution in [3.05, 3.63) is 161 Å². The van der Waals surface area contributed by atoms with E-state index in [2.05, 4.69) is 202 Å². The van der Waals surface area contributed by atoms with E-state index in [-0.39, 0.29) is 18.2 Å². The molecule has 2 unspecified atom stereocenters. The van der Waals surface area contributed by atoms with E-state index in [1.165, 1.54) is 59.0 Å². The van der Waals surface area contributed by atoms with Crippen molar-refractivity contribution < 1.29 is 14.2 Å². The zero-order valence-electron chi connectivity index (χ0n) is 31.1. The van der Waals surface area contributed by atoms with E-state index in [9.17, 15) is 0 Å². The van der Waals surface area contributed by atoms with E-state index in [4.69, 9.17) is 0 Å². The predicted octanol–water partition coefficient (Wildman–Crippen LogP) is 12.2. The fourth-order valence-corrected chi connectivity index (χ4v) is 47.7. The van der Waals surface area contributed by atoms with Gasteiger partial charge in [0.2, 0.25) is 0 Å². The number of hydrogen-bond acceptors (Lipinski definition) is 0. The third-order valence-electron chi connectivity index (χ3n) is 13.1. The first-order valence-corrected chi connectivity index (χ1v) is 43.3. The molecule has 5 aromatic rings. The number of hydrogen-bond donors (Lipinski definition) is 0. The molecule has 2 heteroatoms. The van der Waals surface area contributed by atoms with Gasteiger partial charge in [0, 0.05) is 0 Å². The van der Waals surface area contributed by atoms with Crippen LogP contribution in [0.4, 0.5) is 0 Å². The van der Waals surface area contributed by atoms with Crippen LogP contribution in [0.1, 0.15) is 82.3 Å². The molecule has 0 saturated carbocycles. The van der Waals surface area contributed by atoms with Crippen LogP contribution in [0.3, 0.4) is 0 Å². The molecule has 0 saturated heterocycles. The normalized spacial score (nSPS) is 19.4. The van der Waals surface area contributed by atoms with Crippen LogP contribution in [-0.2, 0) is 25.0 Å². The molecule has 0 N–H and O–H groups in total. The van der Waals surface area contributed by atoms with Crippen molar-refractivity contribution in [3.8, 4) is 22.3 Å². The van der Waals surface area contributed by atoms with Gasteiger partial charge >= 0.3 is 293 Å². The van der Waals surface area contributed by atoms with Crippen molar-refractivity contribution in [1.29, 1.82) is 0 Å². The summed E-state index contributed by atoms with van der Waals surface area (Å²) < 4.78 is 10.4. The summed E-state index contributed by atoms with van der Waals surface area (Å²) in [4.78, 5) is 0. The Morgan fingerprint density at radius 3 is 1.31 bits per heavy atom. The van der Waals surface area contributed by atoms with Gasteiger partial charge in [-0.15, -0.1) is 0 Å². The van der Waals surface area contributed by atoms with E-state index in [0.29, 0.717) is 0 Å². The molecular weight excluding hydrogens is 771 g/mol. The van der Waals surface area contributed by atoms with E-state index in [1.807, 2.05) is 0 Å². The van der Waals surface area contributed by atoms with Gasteiger partial charge in [-0.2, -0.15) is 0 Å². The van der Waals surface area contributed by atoms with E-state index < -0.39 is 14.2 Å². The van der Waals surface area contributed by atoms with Crippen LogP contribution in [0.25, 0.3) is 34.4 Å². The molecule has 5 aromatic carbocycles. The molecule has 0 spiro atoms. The van der Waals surface area contributed by atoms with Crippen molar-refractivity contribution in [2.24, 2.45) is 0 Å². The first kappa shape index (κ1) is 34.1. The standard InChI is InChI=1S/2C19H19.C6H5.3CH3.Hf.H2Si/c2*1-19(2,3)16-10-4-9-15(13-16)18-12-6-8-14-7-5-11-17(14)18;1-2-4-6-5-3-1;;;;;/h2*4-13H,1-3H3;1-5H;3*1H3;;1H2. The Bertz CT molecular complexity index is 2200. The van der Waals surface area contributed by atoms with Gasteiger partial charge in [0.05, 0.1) is 0 Å². The molecule has 0 radical (unpaired) electrons. The second-order valence-electron chi connectivity index (χ2n) is 20.4. The summed E-state index contributed by atoms with van der Waals surface area (Å²) >= 11 is -5.40. The Morgan fingerprint density at radius 2 is 0.898 bits per heavy atom. The minimum absolute atomic E-state index is 0.0960. The second kappa shape index (κ2) is 10.1. The van der Waals surface area contributed by atoms with Crippen LogP contribution in [0, 0.1) is 0 Å². The molecule has 0 aromatic heterocycles. The molecule has 0 fully saturated rings. The Morgan fingerprint density at radius 1 is 0.490 bits per heavy atom. The third-order valence-corrected chi connectivity index (χ3v) is 59.9. The summed E-state index contributed by atoms with van der Waals surface area (Å²) in [6.07, 6.45) is 10.1. The van der Waals surface area contributed by atoms with E-state index in [0.717, 1.165) is 0 Å². The molecule has 2 aliphatic rings. The number of rotatable bonds is 5. The van der Waals surface area contributed by atoms with Gasteiger partial charge < -0.3 is 0 Å². The van der Waals surface area contributed by atoms with Crippen LogP contribution >= 0.6 is 0 Å². The van der Waals surface area contributed by atoms with Gasteiger partial charge in [0.15, 0.2) is 0 Å². The van der Waals surface area contributed by atoms with Gasteiger partial charge in [-0.25, -0.2) is 0 Å². The SMILES string of the molecule is CC(C)(C)c1cccc(-c2cccc3c2C=C[CH]3[Hf]([CH3])([CH3])([CH3])(=[SiH2])([c]2ccccc2)[CH]2C=Cc3c(-c4cccc(C(C)(C)C)c4)cccc32)c1. The first-order chi connectivity index (χ1) is 22.8. The van der Waals surface area contributed by atoms with Crippen LogP contribution < -0.4 is 3.32 Å². The summed E-state index contributed by atoms with van der Waals surface area (Å²) in [5.74, 6) is 0. The van der Waals surface area contributed by atoms with E-state index >= 15 is 0 Å². The molecule has 250 valence electrons. The monoisotopic (exact) mass is 826 g/mol. The quantitative estimate of drug-likeness (QED) is 0.155. The van der Waals surface area contributed by atoms with Crippen molar-refractivity contribution in [3.63, 3.8) is 0 Å². The van der Waals surface area contributed by atoms with Crippen molar-refractivity contribution in [2.45, 2.75) is 73.8 Å². The number of fused-ring (bicyclic) bond motifs is 2. The van der Waals surface area contributed by atoms with Gasteiger partial charge in [-0.1, -0.05) is 0 Å². The molecule has 0 aliphatic heterocycles. The van der Waals surface area contributed by atoms with Gasteiger partial charge in [-0.3, -0.25) is 0 Å². The van der Waals surface area contributed by atoms with Crippen LogP contribution in [0.2, 0.25) is 14.0 Å². The minimum atomic E-state index is -5.40. The summed E-state index contributed by atoms with van der Waals surface area (Å²) in [5.41, 5.74) is 14.0. The molecule has 2 aliphatic carbocycles. The molecular formula is C47H54HfSi. The average Bonchev–Trinajstić information content (AvgIpc) is 3.72. The fourth-order valence-electron chi connectivity index (χ4n) is 9.69. The number of benzene rings is 5. The molecule has 0 heterocycles. The summed E-state index contributed by atoms with van der Waals surface area (Å²) in [5, 5.41) is 0. The Balaban J connectivity index is 1.46. The maximum atomic E-state index is 2.77. The van der Waals surface area contributed by atoms with Crippen LogP contribution in [-0.4, -0.2) is 6.94 Å². The Labute approximate surface area is 291 Å². The molecule has 0 amide bonds. The van der Waals surface area contributed by atoms with Gasteiger partial charge in [-0.05, 0) is 0 Å². The van der Waals surface area contributed by atoms with Crippen molar-refractivity contribution in [2.75, 3.05) is 0 Å². The summed E-state index contributed by atoms with van der Waals surface area (Å²) in [6, 6.07) is 44.2. The third kappa shape index (κ3) is 5.07. The van der Waals surface area contributed by atoms with Crippen molar-refractivity contribution in [1.82, 2.24) is 0 Å². The first-order valence-electron chi connectivity index (χ1n) is 18.2. The zero-order chi connectivity index (χ0) is 35.1. The fraction of sp³-hybridized carbons (Fsp3) is 0.277. The second-order valence-corrected chi connectivity index (χ2v) is 97.6. The predicted molar refractivity (Wildman–Crippen MR) is 217 cm³/mol. The summed E-state index contributed by atoms with van der Waals surface area (Å²) in [7, 11) is 0. The topological polar surface area (TPSA) is 0 Å². The molecule has 2 atom stereocenters. The van der Waals surface area contributed by atoms with Crippen molar-refractivity contribution >= 4 is 22.4 Å². The van der Waals surface area contributed by atoms with Crippen LogP contribution in [0.15, 0.2) is 127 Å². The maximum absolute atomic E-state index is 5.40. The van der Waals surface area contributed by atoms with E-state index in [1.54, 1.807) is 0 Å². The van der Waals surface area contributed by atoms with Crippen LogP contribution in [0.5, 0.6) is 0 Å². The van der Waals surface area contributed by atoms with Gasteiger partial charge in [0.1, 0.15) is 0 Å². The summed E-state index contributed by atoms with van der Waals surface area (Å²) in [6.45, 7) is 16.3. The average molecular weight is 826 g/mol. The number of allylic oxidation sites excluding steroid dienone is 2. The van der Waals surface area contributed by atoms with Gasteiger partial charge in [0.25, 0.3) is 0 Å². The molecule has 7 rings (SSSR count). The zero-order valence-corrected chi connectivity index (χ0v) is 36.1. The Hall–Kier alpha value is -3.33. The Kier molecular flexibility index (Phi) is 7.06. The molecule has 0 bridgehead atoms. The molecule has 49 heavy (non-hydrogen) atoms.